The van der Waals surface area contributed by atoms with Gasteiger partial charge in [0.05, 0.1) is 12.6 Å². The minimum atomic E-state index is -0.293. The first-order valence-corrected chi connectivity index (χ1v) is 10.6. The molecular weight excluding hydrogens is 395 g/mol. The molecule has 0 radical (unpaired) electrons. The number of hydrogen-bond acceptors (Lipinski definition) is 6. The number of nitrogens with zero attached hydrogens (tertiary/aromatic N) is 6. The summed E-state index contributed by atoms with van der Waals surface area (Å²) in [5.41, 5.74) is 2.77. The zero-order valence-corrected chi connectivity index (χ0v) is 17.3. The Kier molecular flexibility index (Phi) is 5.05. The quantitative estimate of drug-likeness (QED) is 0.645. The number of amides is 1. The fourth-order valence-corrected chi connectivity index (χ4v) is 4.40. The van der Waals surface area contributed by atoms with Crippen molar-refractivity contribution < 1.29 is 9.18 Å². The van der Waals surface area contributed by atoms with Gasteiger partial charge in [-0.25, -0.2) is 24.3 Å². The number of benzene rings is 1. The molecule has 8 heteroatoms. The molecular formula is C23H23FN6O. The summed E-state index contributed by atoms with van der Waals surface area (Å²) in [6.45, 7) is 3.18. The van der Waals surface area contributed by atoms with E-state index in [9.17, 15) is 9.18 Å². The number of halogens is 1. The van der Waals surface area contributed by atoms with Crippen molar-refractivity contribution in [3.8, 4) is 0 Å². The predicted octanol–water partition coefficient (Wildman–Crippen LogP) is 3.54. The number of carbonyl (C=O) groups excluding carboxylic acids is 1. The largest absolute Gasteiger partial charge is 0.331 e. The monoisotopic (exact) mass is 418 g/mol. The number of carbonyl (C=O) groups is 1. The molecule has 3 aromatic rings. The Labute approximate surface area is 180 Å². The molecule has 2 aliphatic rings. The molecule has 2 aliphatic heterocycles. The van der Waals surface area contributed by atoms with E-state index in [-0.39, 0.29) is 17.8 Å². The van der Waals surface area contributed by atoms with E-state index in [2.05, 4.69) is 14.9 Å². The maximum atomic E-state index is 13.3. The van der Waals surface area contributed by atoms with Crippen LogP contribution in [0.2, 0.25) is 0 Å². The average molecular weight is 418 g/mol. The van der Waals surface area contributed by atoms with Gasteiger partial charge in [-0.3, -0.25) is 9.69 Å². The zero-order chi connectivity index (χ0) is 21.4. The van der Waals surface area contributed by atoms with Gasteiger partial charge in [0.25, 0.3) is 0 Å². The predicted molar refractivity (Wildman–Crippen MR) is 114 cm³/mol. The molecule has 1 aromatic carbocycles. The average Bonchev–Trinajstić information content (AvgIpc) is 3.28. The molecule has 1 atom stereocenters. The summed E-state index contributed by atoms with van der Waals surface area (Å²) in [5, 5.41) is 0. The van der Waals surface area contributed by atoms with E-state index in [0.717, 1.165) is 36.2 Å². The molecule has 5 rings (SSSR count). The third-order valence-electron chi connectivity index (χ3n) is 5.97. The van der Waals surface area contributed by atoms with Crippen molar-refractivity contribution in [2.45, 2.75) is 45.2 Å². The maximum absolute atomic E-state index is 13.3. The Morgan fingerprint density at radius 1 is 1.10 bits per heavy atom. The molecule has 31 heavy (non-hydrogen) atoms. The van der Waals surface area contributed by atoms with Gasteiger partial charge in [0.15, 0.2) is 5.82 Å². The van der Waals surface area contributed by atoms with Crippen molar-refractivity contribution >= 4 is 17.7 Å². The third kappa shape index (κ3) is 3.73. The van der Waals surface area contributed by atoms with Crippen molar-refractivity contribution in [1.29, 1.82) is 0 Å². The number of hydrogen-bond donors (Lipinski definition) is 0. The molecule has 0 spiro atoms. The molecule has 0 bridgehead atoms. The van der Waals surface area contributed by atoms with Gasteiger partial charge >= 0.3 is 0 Å². The van der Waals surface area contributed by atoms with E-state index in [1.54, 1.807) is 35.5 Å². The fourth-order valence-electron chi connectivity index (χ4n) is 4.40. The van der Waals surface area contributed by atoms with Crippen LogP contribution in [-0.4, -0.2) is 32.4 Å². The highest BCUT2D eigenvalue weighted by Crippen LogP contribution is 2.36. The molecule has 4 heterocycles. The van der Waals surface area contributed by atoms with Gasteiger partial charge in [-0.05, 0) is 49.9 Å². The van der Waals surface area contributed by atoms with Crippen LogP contribution in [0.4, 0.5) is 16.2 Å². The molecule has 158 valence electrons. The lowest BCUT2D eigenvalue weighted by Crippen LogP contribution is -2.37. The Bertz CT molecular complexity index is 1110. The smallest absolute Gasteiger partial charge is 0.228 e. The molecule has 1 saturated heterocycles. The standard InChI is InChI=1S/C23H23FN6O/c1-15-18-9-10-20(31)30(14-16-5-7-17(24)8-6-16)22(18)28-21(27-15)19-4-2-13-29(19)23-25-11-3-12-26-23/h3,5-8,11-12,19H,2,4,9-10,13-14H2,1H3. The molecule has 0 saturated carbocycles. The van der Waals surface area contributed by atoms with Crippen molar-refractivity contribution in [2.24, 2.45) is 0 Å². The summed E-state index contributed by atoms with van der Waals surface area (Å²) in [6, 6.07) is 8.01. The lowest BCUT2D eigenvalue weighted by Gasteiger charge is -2.31. The van der Waals surface area contributed by atoms with Crippen LogP contribution >= 0.6 is 0 Å². The van der Waals surface area contributed by atoms with Crippen LogP contribution in [0.1, 0.15) is 47.9 Å². The van der Waals surface area contributed by atoms with Gasteiger partial charge < -0.3 is 4.90 Å². The molecule has 1 amide bonds. The maximum Gasteiger partial charge on any atom is 0.228 e. The van der Waals surface area contributed by atoms with E-state index >= 15 is 0 Å². The molecule has 0 aliphatic carbocycles. The minimum absolute atomic E-state index is 0.0237. The third-order valence-corrected chi connectivity index (χ3v) is 5.97. The van der Waals surface area contributed by atoms with Gasteiger partial charge in [0.2, 0.25) is 11.9 Å². The van der Waals surface area contributed by atoms with Crippen molar-refractivity contribution in [2.75, 3.05) is 16.3 Å². The molecule has 1 unspecified atom stereocenters. The second-order valence-electron chi connectivity index (χ2n) is 7.98. The summed E-state index contributed by atoms with van der Waals surface area (Å²) < 4.78 is 13.3. The summed E-state index contributed by atoms with van der Waals surface area (Å²) in [7, 11) is 0. The summed E-state index contributed by atoms with van der Waals surface area (Å²) in [5.74, 6) is 1.77. The number of fused-ring (bicyclic) bond motifs is 1. The Morgan fingerprint density at radius 2 is 1.87 bits per heavy atom. The van der Waals surface area contributed by atoms with Gasteiger partial charge in [-0.2, -0.15) is 0 Å². The van der Waals surface area contributed by atoms with Crippen molar-refractivity contribution in [3.05, 3.63) is 71.2 Å². The van der Waals surface area contributed by atoms with E-state index in [0.29, 0.717) is 37.0 Å². The number of aromatic nitrogens is 4. The first-order chi connectivity index (χ1) is 15.1. The Hall–Kier alpha value is -3.42. The first kappa shape index (κ1) is 19.5. The van der Waals surface area contributed by atoms with E-state index in [1.807, 2.05) is 6.92 Å². The second-order valence-corrected chi connectivity index (χ2v) is 7.98. The summed E-state index contributed by atoms with van der Waals surface area (Å²) in [4.78, 5) is 35.2. The van der Waals surface area contributed by atoms with E-state index in [1.165, 1.54) is 12.1 Å². The number of anilines is 2. The van der Waals surface area contributed by atoms with E-state index in [4.69, 9.17) is 9.97 Å². The first-order valence-electron chi connectivity index (χ1n) is 10.6. The van der Waals surface area contributed by atoms with Crippen molar-refractivity contribution in [3.63, 3.8) is 0 Å². The van der Waals surface area contributed by atoms with Gasteiger partial charge in [-0.1, -0.05) is 12.1 Å². The van der Waals surface area contributed by atoms with E-state index < -0.39 is 0 Å². The van der Waals surface area contributed by atoms with Crippen LogP contribution in [0.25, 0.3) is 0 Å². The lowest BCUT2D eigenvalue weighted by molar-refractivity contribution is -0.119. The summed E-state index contributed by atoms with van der Waals surface area (Å²) in [6.07, 6.45) is 6.43. The van der Waals surface area contributed by atoms with Crippen LogP contribution in [0.3, 0.4) is 0 Å². The number of rotatable bonds is 4. The molecule has 0 N–H and O–H groups in total. The van der Waals surface area contributed by atoms with Crippen molar-refractivity contribution in [1.82, 2.24) is 19.9 Å². The number of aryl methyl sites for hydroxylation is 1. The van der Waals surface area contributed by atoms with Gasteiger partial charge in [0, 0.05) is 36.6 Å². The molecule has 2 aromatic heterocycles. The fraction of sp³-hybridized carbons (Fsp3) is 0.348. The minimum Gasteiger partial charge on any atom is -0.331 e. The SMILES string of the molecule is Cc1nc(C2CCCN2c2ncccn2)nc2c1CCC(=O)N2Cc1ccc(F)cc1. The Morgan fingerprint density at radius 3 is 2.65 bits per heavy atom. The van der Waals surface area contributed by atoms with Gasteiger partial charge in [0.1, 0.15) is 11.6 Å². The molecule has 7 nitrogen and oxygen atoms in total. The van der Waals surface area contributed by atoms with Crippen LogP contribution in [0, 0.1) is 12.7 Å². The summed E-state index contributed by atoms with van der Waals surface area (Å²) >= 11 is 0. The van der Waals surface area contributed by atoms with Gasteiger partial charge in [-0.15, -0.1) is 0 Å². The lowest BCUT2D eigenvalue weighted by atomic mass is 10.0. The Balaban J connectivity index is 1.52. The second kappa shape index (κ2) is 8.02. The molecule has 1 fully saturated rings. The highest BCUT2D eigenvalue weighted by atomic mass is 19.1. The topological polar surface area (TPSA) is 75.1 Å². The normalized spacial score (nSPS) is 18.4. The van der Waals surface area contributed by atoms with Crippen LogP contribution in [0.5, 0.6) is 0 Å². The van der Waals surface area contributed by atoms with Crippen LogP contribution in [0.15, 0.2) is 42.7 Å². The van der Waals surface area contributed by atoms with Crippen LogP contribution in [-0.2, 0) is 17.8 Å². The highest BCUT2D eigenvalue weighted by molar-refractivity contribution is 5.95. The zero-order valence-electron chi connectivity index (χ0n) is 17.3. The highest BCUT2D eigenvalue weighted by Gasteiger charge is 2.34. The van der Waals surface area contributed by atoms with Crippen LogP contribution < -0.4 is 9.80 Å².